The third-order valence-corrected chi connectivity index (χ3v) is 2.89. The van der Waals surface area contributed by atoms with Crippen molar-refractivity contribution in [2.45, 2.75) is 33.7 Å². The molecule has 1 rings (SSSR count). The molecular weight excluding hydrogens is 229 g/mol. The molecule has 0 spiro atoms. The van der Waals surface area contributed by atoms with Gasteiger partial charge in [0.25, 0.3) is 0 Å². The Morgan fingerprint density at radius 3 is 2.78 bits per heavy atom. The van der Waals surface area contributed by atoms with Crippen LogP contribution in [0.3, 0.4) is 0 Å². The van der Waals surface area contributed by atoms with Crippen molar-refractivity contribution in [1.82, 2.24) is 5.32 Å². The zero-order chi connectivity index (χ0) is 13.4. The Labute approximate surface area is 110 Å². The van der Waals surface area contributed by atoms with Crippen LogP contribution in [0.15, 0.2) is 18.2 Å². The fourth-order valence-electron chi connectivity index (χ4n) is 1.62. The molecule has 0 saturated carbocycles. The highest BCUT2D eigenvalue weighted by molar-refractivity contribution is 5.26. The summed E-state index contributed by atoms with van der Waals surface area (Å²) in [5.41, 5.74) is 2.13. The summed E-state index contributed by atoms with van der Waals surface area (Å²) < 4.78 is 18.5. The van der Waals surface area contributed by atoms with Crippen LogP contribution in [0.1, 0.15) is 31.4 Å². The van der Waals surface area contributed by atoms with Gasteiger partial charge in [-0.3, -0.25) is 0 Å². The van der Waals surface area contributed by atoms with Crippen LogP contribution in [0.5, 0.6) is 0 Å². The van der Waals surface area contributed by atoms with Crippen LogP contribution in [0.25, 0.3) is 0 Å². The van der Waals surface area contributed by atoms with Crippen molar-refractivity contribution in [3.8, 4) is 0 Å². The van der Waals surface area contributed by atoms with E-state index in [0.717, 1.165) is 30.7 Å². The van der Waals surface area contributed by atoms with E-state index in [1.165, 1.54) is 6.07 Å². The van der Waals surface area contributed by atoms with Crippen LogP contribution >= 0.6 is 0 Å². The van der Waals surface area contributed by atoms with Gasteiger partial charge in [-0.05, 0) is 42.5 Å². The minimum absolute atomic E-state index is 0.175. The number of halogens is 1. The van der Waals surface area contributed by atoms with E-state index in [0.29, 0.717) is 19.1 Å². The SMILES string of the molecule is Cc1ccc(F)cc1CNCCOCCC(C)C. The fraction of sp³-hybridized carbons (Fsp3) is 0.600. The Morgan fingerprint density at radius 1 is 1.28 bits per heavy atom. The summed E-state index contributed by atoms with van der Waals surface area (Å²) in [6, 6.07) is 4.89. The highest BCUT2D eigenvalue weighted by Gasteiger charge is 2.00. The maximum absolute atomic E-state index is 13.0. The van der Waals surface area contributed by atoms with Crippen LogP contribution in [-0.4, -0.2) is 19.8 Å². The number of ether oxygens (including phenoxy) is 1. The summed E-state index contributed by atoms with van der Waals surface area (Å²) in [7, 11) is 0. The summed E-state index contributed by atoms with van der Waals surface area (Å²) in [6.07, 6.45) is 1.10. The van der Waals surface area contributed by atoms with E-state index in [1.54, 1.807) is 6.07 Å². The van der Waals surface area contributed by atoms with Gasteiger partial charge in [-0.1, -0.05) is 19.9 Å². The molecule has 0 atom stereocenters. The molecule has 0 aromatic heterocycles. The lowest BCUT2D eigenvalue weighted by atomic mass is 10.1. The molecule has 0 heterocycles. The molecule has 1 N–H and O–H groups in total. The molecule has 0 aliphatic rings. The third-order valence-electron chi connectivity index (χ3n) is 2.89. The van der Waals surface area contributed by atoms with Crippen molar-refractivity contribution in [3.63, 3.8) is 0 Å². The van der Waals surface area contributed by atoms with E-state index in [-0.39, 0.29) is 5.82 Å². The topological polar surface area (TPSA) is 21.3 Å². The molecule has 0 unspecified atom stereocenters. The Morgan fingerprint density at radius 2 is 2.06 bits per heavy atom. The average Bonchev–Trinajstić information content (AvgIpc) is 2.32. The monoisotopic (exact) mass is 253 g/mol. The summed E-state index contributed by atoms with van der Waals surface area (Å²) in [5.74, 6) is 0.512. The molecule has 18 heavy (non-hydrogen) atoms. The lowest BCUT2D eigenvalue weighted by molar-refractivity contribution is 0.125. The van der Waals surface area contributed by atoms with Gasteiger partial charge < -0.3 is 10.1 Å². The number of rotatable bonds is 8. The zero-order valence-electron chi connectivity index (χ0n) is 11.6. The number of aryl methyl sites for hydroxylation is 1. The van der Waals surface area contributed by atoms with Crippen molar-refractivity contribution in [1.29, 1.82) is 0 Å². The molecular formula is C15H24FNO. The van der Waals surface area contributed by atoms with Gasteiger partial charge in [-0.15, -0.1) is 0 Å². The molecule has 1 aromatic carbocycles. The Balaban J connectivity index is 2.12. The Kier molecular flexibility index (Phi) is 6.91. The molecule has 0 bridgehead atoms. The van der Waals surface area contributed by atoms with Crippen LogP contribution in [-0.2, 0) is 11.3 Å². The molecule has 0 amide bonds. The smallest absolute Gasteiger partial charge is 0.123 e. The van der Waals surface area contributed by atoms with Gasteiger partial charge >= 0.3 is 0 Å². The first-order valence-corrected chi connectivity index (χ1v) is 6.63. The average molecular weight is 253 g/mol. The number of hydrogen-bond donors (Lipinski definition) is 1. The molecule has 3 heteroatoms. The lowest BCUT2D eigenvalue weighted by Gasteiger charge is -2.09. The van der Waals surface area contributed by atoms with Crippen molar-refractivity contribution in [3.05, 3.63) is 35.1 Å². The van der Waals surface area contributed by atoms with Gasteiger partial charge in [0.2, 0.25) is 0 Å². The quantitative estimate of drug-likeness (QED) is 0.718. The molecule has 0 fully saturated rings. The second-order valence-electron chi connectivity index (χ2n) is 5.04. The van der Waals surface area contributed by atoms with Crippen LogP contribution in [0.2, 0.25) is 0 Å². The van der Waals surface area contributed by atoms with Crippen LogP contribution in [0, 0.1) is 18.7 Å². The first-order valence-electron chi connectivity index (χ1n) is 6.63. The number of hydrogen-bond acceptors (Lipinski definition) is 2. The predicted octanol–water partition coefficient (Wildman–Crippen LogP) is 3.29. The van der Waals surface area contributed by atoms with Gasteiger partial charge in [0.1, 0.15) is 5.82 Å². The zero-order valence-corrected chi connectivity index (χ0v) is 11.6. The van der Waals surface area contributed by atoms with Crippen LogP contribution in [0.4, 0.5) is 4.39 Å². The fourth-order valence-corrected chi connectivity index (χ4v) is 1.62. The molecule has 2 nitrogen and oxygen atoms in total. The van der Waals surface area contributed by atoms with E-state index < -0.39 is 0 Å². The number of benzene rings is 1. The largest absolute Gasteiger partial charge is 0.380 e. The third kappa shape index (κ3) is 6.12. The van der Waals surface area contributed by atoms with Crippen LogP contribution < -0.4 is 5.32 Å². The van der Waals surface area contributed by atoms with Crippen molar-refractivity contribution in [2.24, 2.45) is 5.92 Å². The van der Waals surface area contributed by atoms with Gasteiger partial charge in [-0.2, -0.15) is 0 Å². The second-order valence-corrected chi connectivity index (χ2v) is 5.04. The minimum Gasteiger partial charge on any atom is -0.380 e. The first-order chi connectivity index (χ1) is 8.59. The van der Waals surface area contributed by atoms with Crippen molar-refractivity contribution in [2.75, 3.05) is 19.8 Å². The van der Waals surface area contributed by atoms with E-state index in [4.69, 9.17) is 4.74 Å². The highest BCUT2D eigenvalue weighted by Crippen LogP contribution is 2.09. The van der Waals surface area contributed by atoms with Crippen molar-refractivity contribution >= 4 is 0 Å². The first kappa shape index (κ1) is 15.1. The lowest BCUT2D eigenvalue weighted by Crippen LogP contribution is -2.20. The molecule has 1 aromatic rings. The molecule has 0 aliphatic carbocycles. The summed E-state index contributed by atoms with van der Waals surface area (Å²) in [5, 5.41) is 3.27. The normalized spacial score (nSPS) is 11.2. The highest BCUT2D eigenvalue weighted by atomic mass is 19.1. The standard InChI is InChI=1S/C15H24FNO/c1-12(2)6-8-18-9-7-17-11-14-10-15(16)5-4-13(14)3/h4-5,10,12,17H,6-9,11H2,1-3H3. The second kappa shape index (κ2) is 8.22. The van der Waals surface area contributed by atoms with Gasteiger partial charge in [0.05, 0.1) is 6.61 Å². The van der Waals surface area contributed by atoms with E-state index in [2.05, 4.69) is 19.2 Å². The van der Waals surface area contributed by atoms with Gasteiger partial charge in [0, 0.05) is 19.7 Å². The summed E-state index contributed by atoms with van der Waals surface area (Å²) in [6.45, 7) is 9.39. The minimum atomic E-state index is -0.175. The van der Waals surface area contributed by atoms with Crippen molar-refractivity contribution < 1.29 is 9.13 Å². The Bertz CT molecular complexity index is 352. The maximum Gasteiger partial charge on any atom is 0.123 e. The van der Waals surface area contributed by atoms with E-state index >= 15 is 0 Å². The van der Waals surface area contributed by atoms with Gasteiger partial charge in [-0.25, -0.2) is 4.39 Å². The number of nitrogens with one attached hydrogen (secondary N) is 1. The predicted molar refractivity (Wildman–Crippen MR) is 73.1 cm³/mol. The van der Waals surface area contributed by atoms with Gasteiger partial charge in [0.15, 0.2) is 0 Å². The summed E-state index contributed by atoms with van der Waals surface area (Å²) in [4.78, 5) is 0. The molecule has 0 radical (unpaired) electrons. The molecule has 0 aliphatic heterocycles. The maximum atomic E-state index is 13.0. The summed E-state index contributed by atoms with van der Waals surface area (Å²) >= 11 is 0. The molecule has 102 valence electrons. The van der Waals surface area contributed by atoms with E-state index in [1.807, 2.05) is 13.0 Å². The van der Waals surface area contributed by atoms with E-state index in [9.17, 15) is 4.39 Å². The Hall–Kier alpha value is -0.930. The molecule has 0 saturated heterocycles.